The summed E-state index contributed by atoms with van der Waals surface area (Å²) < 4.78 is 22.2. The molecule has 0 fully saturated rings. The minimum Gasteiger partial charge on any atom is -0.397 e. The molecule has 0 aliphatic heterocycles. The Morgan fingerprint density at radius 3 is 2.43 bits per heavy atom. The summed E-state index contributed by atoms with van der Waals surface area (Å²) in [5, 5.41) is 7.75. The number of nitrogen functional groups attached to an aromatic ring is 1. The van der Waals surface area contributed by atoms with Crippen LogP contribution in [0.15, 0.2) is 41.4 Å². The molecule has 1 heterocycles. The topological polar surface area (TPSA) is 131 Å². The molecule has 0 spiro atoms. The fraction of sp³-hybridized carbons (Fsp3) is 0.154. The van der Waals surface area contributed by atoms with Gasteiger partial charge >= 0.3 is 0 Å². The Bertz CT molecular complexity index is 735. The molecule has 1 aromatic heterocycles. The Morgan fingerprint density at radius 2 is 1.90 bits per heavy atom. The number of benzene rings is 1. The van der Waals surface area contributed by atoms with Gasteiger partial charge in [-0.2, -0.15) is 0 Å². The van der Waals surface area contributed by atoms with Crippen molar-refractivity contribution < 1.29 is 13.2 Å². The SMILES string of the molecule is Nc1c[nH]c(C(=O)NCCc2ccc(S(N)(=O)=O)cc2)c1. The molecule has 2 aromatic rings. The second-order valence-corrected chi connectivity index (χ2v) is 6.10. The lowest BCUT2D eigenvalue weighted by Crippen LogP contribution is -2.25. The normalized spacial score (nSPS) is 11.3. The number of carbonyl (C=O) groups is 1. The molecule has 0 saturated heterocycles. The van der Waals surface area contributed by atoms with Gasteiger partial charge in [-0.25, -0.2) is 13.6 Å². The molecular weight excluding hydrogens is 292 g/mol. The third-order valence-corrected chi connectivity index (χ3v) is 3.83. The Morgan fingerprint density at radius 1 is 1.24 bits per heavy atom. The zero-order valence-corrected chi connectivity index (χ0v) is 12.0. The number of aromatic amines is 1. The van der Waals surface area contributed by atoms with Gasteiger partial charge in [-0.05, 0) is 30.2 Å². The molecule has 2 rings (SSSR count). The van der Waals surface area contributed by atoms with E-state index >= 15 is 0 Å². The summed E-state index contributed by atoms with van der Waals surface area (Å²) in [4.78, 5) is 14.6. The number of aromatic nitrogens is 1. The zero-order valence-electron chi connectivity index (χ0n) is 11.2. The third-order valence-electron chi connectivity index (χ3n) is 2.90. The molecule has 21 heavy (non-hydrogen) atoms. The summed E-state index contributed by atoms with van der Waals surface area (Å²) >= 11 is 0. The van der Waals surface area contributed by atoms with Gasteiger partial charge in [0.15, 0.2) is 0 Å². The highest BCUT2D eigenvalue weighted by Gasteiger charge is 2.08. The largest absolute Gasteiger partial charge is 0.397 e. The van der Waals surface area contributed by atoms with Gasteiger partial charge in [0.1, 0.15) is 5.69 Å². The minimum atomic E-state index is -3.67. The number of primary sulfonamides is 1. The van der Waals surface area contributed by atoms with Crippen LogP contribution in [0.4, 0.5) is 5.69 Å². The zero-order chi connectivity index (χ0) is 15.5. The average Bonchev–Trinajstić information content (AvgIpc) is 2.85. The number of amides is 1. The van der Waals surface area contributed by atoms with Crippen LogP contribution in [-0.2, 0) is 16.4 Å². The third kappa shape index (κ3) is 4.07. The highest BCUT2D eigenvalue weighted by Crippen LogP contribution is 2.09. The molecule has 7 nitrogen and oxygen atoms in total. The molecule has 0 aliphatic carbocycles. The number of hydrogen-bond acceptors (Lipinski definition) is 4. The van der Waals surface area contributed by atoms with Crippen LogP contribution in [0.25, 0.3) is 0 Å². The first-order chi connectivity index (χ1) is 9.86. The molecule has 1 aromatic carbocycles. The van der Waals surface area contributed by atoms with Crippen LogP contribution in [0.1, 0.15) is 16.1 Å². The quantitative estimate of drug-likeness (QED) is 0.629. The van der Waals surface area contributed by atoms with E-state index in [4.69, 9.17) is 10.9 Å². The van der Waals surface area contributed by atoms with Crippen LogP contribution < -0.4 is 16.2 Å². The number of carbonyl (C=O) groups excluding carboxylic acids is 1. The van der Waals surface area contributed by atoms with Gasteiger partial charge in [0.05, 0.1) is 4.90 Å². The monoisotopic (exact) mass is 308 g/mol. The molecule has 112 valence electrons. The van der Waals surface area contributed by atoms with Crippen molar-refractivity contribution in [3.63, 3.8) is 0 Å². The lowest BCUT2D eigenvalue weighted by atomic mass is 10.1. The predicted molar refractivity (Wildman–Crippen MR) is 79.1 cm³/mol. The van der Waals surface area contributed by atoms with E-state index in [1.54, 1.807) is 24.4 Å². The van der Waals surface area contributed by atoms with Gasteiger partial charge in [0.2, 0.25) is 10.0 Å². The van der Waals surface area contributed by atoms with Crippen molar-refractivity contribution in [2.24, 2.45) is 5.14 Å². The van der Waals surface area contributed by atoms with E-state index in [1.165, 1.54) is 12.1 Å². The van der Waals surface area contributed by atoms with Crippen LogP contribution in [0.2, 0.25) is 0 Å². The molecule has 0 saturated carbocycles. The number of nitrogens with one attached hydrogen (secondary N) is 2. The summed E-state index contributed by atoms with van der Waals surface area (Å²) in [5.74, 6) is -0.243. The van der Waals surface area contributed by atoms with Crippen molar-refractivity contribution in [1.29, 1.82) is 0 Å². The van der Waals surface area contributed by atoms with Crippen molar-refractivity contribution in [2.75, 3.05) is 12.3 Å². The second-order valence-electron chi connectivity index (χ2n) is 4.54. The van der Waals surface area contributed by atoms with Gasteiger partial charge in [-0.3, -0.25) is 4.79 Å². The van der Waals surface area contributed by atoms with Crippen LogP contribution in [-0.4, -0.2) is 25.9 Å². The van der Waals surface area contributed by atoms with Gasteiger partial charge in [0, 0.05) is 18.4 Å². The van der Waals surface area contributed by atoms with Crippen LogP contribution >= 0.6 is 0 Å². The van der Waals surface area contributed by atoms with Gasteiger partial charge in [-0.15, -0.1) is 0 Å². The Hall–Kier alpha value is -2.32. The van der Waals surface area contributed by atoms with Crippen LogP contribution in [0.5, 0.6) is 0 Å². The molecule has 1 amide bonds. The van der Waals surface area contributed by atoms with E-state index < -0.39 is 10.0 Å². The van der Waals surface area contributed by atoms with Gasteiger partial charge < -0.3 is 16.0 Å². The first-order valence-electron chi connectivity index (χ1n) is 6.20. The Labute approximate surface area is 122 Å². The minimum absolute atomic E-state index is 0.0668. The molecule has 0 radical (unpaired) electrons. The smallest absolute Gasteiger partial charge is 0.267 e. The lowest BCUT2D eigenvalue weighted by Gasteiger charge is -2.05. The van der Waals surface area contributed by atoms with Gasteiger partial charge in [0.25, 0.3) is 5.91 Å². The standard InChI is InChI=1S/C13H16N4O3S/c14-10-7-12(17-8-10)13(18)16-6-5-9-1-3-11(4-2-9)21(15,19)20/h1-4,7-8,17H,5-6,14H2,(H,16,18)(H2,15,19,20). The highest BCUT2D eigenvalue weighted by atomic mass is 32.2. The molecule has 0 bridgehead atoms. The second kappa shape index (κ2) is 5.98. The maximum absolute atomic E-state index is 11.7. The number of H-pyrrole nitrogens is 1. The number of anilines is 1. The molecule has 8 heteroatoms. The van der Waals surface area contributed by atoms with Gasteiger partial charge in [-0.1, -0.05) is 12.1 Å². The maximum Gasteiger partial charge on any atom is 0.267 e. The summed E-state index contributed by atoms with van der Waals surface area (Å²) in [6, 6.07) is 7.77. The fourth-order valence-corrected chi connectivity index (χ4v) is 2.32. The highest BCUT2D eigenvalue weighted by molar-refractivity contribution is 7.89. The van der Waals surface area contributed by atoms with E-state index in [0.717, 1.165) is 5.56 Å². The average molecular weight is 308 g/mol. The van der Waals surface area contributed by atoms with Crippen molar-refractivity contribution in [1.82, 2.24) is 10.3 Å². The van der Waals surface area contributed by atoms with Crippen LogP contribution in [0.3, 0.4) is 0 Å². The number of rotatable bonds is 5. The summed E-state index contributed by atoms with van der Waals surface area (Å²) in [6.07, 6.45) is 2.12. The van der Waals surface area contributed by atoms with E-state index in [2.05, 4.69) is 10.3 Å². The Balaban J connectivity index is 1.88. The molecule has 6 N–H and O–H groups in total. The summed E-state index contributed by atoms with van der Waals surface area (Å²) in [7, 11) is -3.67. The molecule has 0 unspecified atom stereocenters. The molecule has 0 aliphatic rings. The summed E-state index contributed by atoms with van der Waals surface area (Å²) in [6.45, 7) is 0.423. The number of sulfonamides is 1. The van der Waals surface area contributed by atoms with Crippen molar-refractivity contribution in [3.8, 4) is 0 Å². The molecular formula is C13H16N4O3S. The van der Waals surface area contributed by atoms with E-state index in [0.29, 0.717) is 24.3 Å². The van der Waals surface area contributed by atoms with E-state index in [9.17, 15) is 13.2 Å². The van der Waals surface area contributed by atoms with Crippen molar-refractivity contribution >= 4 is 21.6 Å². The first kappa shape index (κ1) is 15.1. The van der Waals surface area contributed by atoms with Crippen molar-refractivity contribution in [3.05, 3.63) is 47.8 Å². The lowest BCUT2D eigenvalue weighted by molar-refractivity contribution is 0.0950. The fourth-order valence-electron chi connectivity index (χ4n) is 1.80. The van der Waals surface area contributed by atoms with E-state index in [-0.39, 0.29) is 10.8 Å². The van der Waals surface area contributed by atoms with Crippen molar-refractivity contribution in [2.45, 2.75) is 11.3 Å². The maximum atomic E-state index is 11.7. The predicted octanol–water partition coefficient (Wildman–Crippen LogP) is 0.217. The van der Waals surface area contributed by atoms with E-state index in [1.807, 2.05) is 0 Å². The van der Waals surface area contributed by atoms with Crippen LogP contribution in [0, 0.1) is 0 Å². The Kier molecular flexibility index (Phi) is 4.29. The molecule has 0 atom stereocenters. The number of hydrogen-bond donors (Lipinski definition) is 4. The first-order valence-corrected chi connectivity index (χ1v) is 7.75. The summed E-state index contributed by atoms with van der Waals surface area (Å²) in [5.41, 5.74) is 7.31. The number of nitrogens with two attached hydrogens (primary N) is 2.